The van der Waals surface area contributed by atoms with Crippen LogP contribution in [0.15, 0.2) is 0 Å². The summed E-state index contributed by atoms with van der Waals surface area (Å²) in [6.07, 6.45) is 3.50. The summed E-state index contributed by atoms with van der Waals surface area (Å²) in [5.41, 5.74) is 1.30. The third-order valence-electron chi connectivity index (χ3n) is 2.08. The van der Waals surface area contributed by atoms with Gasteiger partial charge in [0.2, 0.25) is 0 Å². The van der Waals surface area contributed by atoms with Crippen LogP contribution >= 0.6 is 11.3 Å². The third kappa shape index (κ3) is 3.39. The predicted octanol–water partition coefficient (Wildman–Crippen LogP) is 2.90. The van der Waals surface area contributed by atoms with Crippen molar-refractivity contribution in [3.63, 3.8) is 0 Å². The van der Waals surface area contributed by atoms with E-state index in [4.69, 9.17) is 0 Å². The Morgan fingerprint density at radius 1 is 1.29 bits per heavy atom. The first-order valence-electron chi connectivity index (χ1n) is 5.43. The molecule has 14 heavy (non-hydrogen) atoms. The highest BCUT2D eigenvalue weighted by Gasteiger charge is 2.06. The van der Waals surface area contributed by atoms with Gasteiger partial charge < -0.3 is 5.32 Å². The fraction of sp³-hybridized carbons (Fsp3) is 0.727. The van der Waals surface area contributed by atoms with Gasteiger partial charge in [0.15, 0.2) is 0 Å². The van der Waals surface area contributed by atoms with E-state index in [0.717, 1.165) is 19.5 Å². The van der Waals surface area contributed by atoms with Gasteiger partial charge in [0, 0.05) is 11.4 Å². The maximum Gasteiger partial charge on any atom is 0.0900 e. The van der Waals surface area contributed by atoms with Crippen molar-refractivity contribution < 1.29 is 0 Å². The normalized spacial score (nSPS) is 10.8. The first kappa shape index (κ1) is 11.7. The highest BCUT2D eigenvalue weighted by Crippen LogP contribution is 2.18. The van der Waals surface area contributed by atoms with Crippen molar-refractivity contribution in [1.29, 1.82) is 0 Å². The van der Waals surface area contributed by atoms with E-state index in [-0.39, 0.29) is 0 Å². The molecule has 1 N–H and O–H groups in total. The van der Waals surface area contributed by atoms with Gasteiger partial charge >= 0.3 is 0 Å². The smallest absolute Gasteiger partial charge is 0.0900 e. The van der Waals surface area contributed by atoms with Gasteiger partial charge in [-0.05, 0) is 26.3 Å². The lowest BCUT2D eigenvalue weighted by Gasteiger charge is -2.02. The SMILES string of the molecule is CCCNCc1sc(C)nc1CCC. The van der Waals surface area contributed by atoms with Crippen molar-refractivity contribution in [2.75, 3.05) is 6.54 Å². The minimum Gasteiger partial charge on any atom is -0.312 e. The summed E-state index contributed by atoms with van der Waals surface area (Å²) in [5, 5.41) is 4.63. The van der Waals surface area contributed by atoms with Crippen molar-refractivity contribution in [2.24, 2.45) is 0 Å². The summed E-state index contributed by atoms with van der Waals surface area (Å²) < 4.78 is 0. The molecule has 0 aliphatic heterocycles. The second kappa shape index (κ2) is 6.14. The topological polar surface area (TPSA) is 24.9 Å². The quantitative estimate of drug-likeness (QED) is 0.733. The van der Waals surface area contributed by atoms with E-state index in [0.29, 0.717) is 0 Å². The number of aromatic nitrogens is 1. The predicted molar refractivity (Wildman–Crippen MR) is 62.8 cm³/mol. The van der Waals surface area contributed by atoms with E-state index in [1.807, 2.05) is 11.3 Å². The van der Waals surface area contributed by atoms with Crippen molar-refractivity contribution >= 4 is 11.3 Å². The summed E-state index contributed by atoms with van der Waals surface area (Å²) in [5.74, 6) is 0. The lowest BCUT2D eigenvalue weighted by atomic mass is 10.2. The van der Waals surface area contributed by atoms with Crippen LogP contribution < -0.4 is 5.32 Å². The van der Waals surface area contributed by atoms with E-state index in [1.165, 1.54) is 28.4 Å². The van der Waals surface area contributed by atoms with Crippen LogP contribution in [0.25, 0.3) is 0 Å². The molecule has 0 atom stereocenters. The van der Waals surface area contributed by atoms with E-state index in [9.17, 15) is 0 Å². The highest BCUT2D eigenvalue weighted by molar-refractivity contribution is 7.11. The number of nitrogens with zero attached hydrogens (tertiary/aromatic N) is 1. The number of nitrogens with one attached hydrogen (secondary N) is 1. The Bertz CT molecular complexity index is 268. The Labute approximate surface area is 90.8 Å². The van der Waals surface area contributed by atoms with Crippen LogP contribution in [0.3, 0.4) is 0 Å². The molecule has 0 spiro atoms. The number of aryl methyl sites for hydroxylation is 2. The zero-order chi connectivity index (χ0) is 10.4. The average Bonchev–Trinajstić information content (AvgIpc) is 2.48. The van der Waals surface area contributed by atoms with Crippen LogP contribution in [0, 0.1) is 6.92 Å². The third-order valence-corrected chi connectivity index (χ3v) is 3.10. The summed E-state index contributed by atoms with van der Waals surface area (Å²) in [6, 6.07) is 0. The minimum atomic E-state index is 0.995. The number of hydrogen-bond acceptors (Lipinski definition) is 3. The molecule has 0 saturated carbocycles. The van der Waals surface area contributed by atoms with E-state index in [1.54, 1.807) is 0 Å². The largest absolute Gasteiger partial charge is 0.312 e. The van der Waals surface area contributed by atoms with E-state index in [2.05, 4.69) is 31.1 Å². The standard InChI is InChI=1S/C11H20N2S/c1-4-6-10-11(8-12-7-5-2)14-9(3)13-10/h12H,4-8H2,1-3H3. The van der Waals surface area contributed by atoms with Crippen molar-refractivity contribution in [3.05, 3.63) is 15.6 Å². The summed E-state index contributed by atoms with van der Waals surface area (Å²) >= 11 is 1.83. The van der Waals surface area contributed by atoms with Gasteiger partial charge in [-0.1, -0.05) is 20.3 Å². The van der Waals surface area contributed by atoms with Gasteiger partial charge in [0.05, 0.1) is 10.7 Å². The number of rotatable bonds is 6. The lowest BCUT2D eigenvalue weighted by molar-refractivity contribution is 0.674. The molecule has 1 aromatic heterocycles. The maximum atomic E-state index is 4.56. The number of hydrogen-bond donors (Lipinski definition) is 1. The molecule has 1 aromatic rings. The van der Waals surface area contributed by atoms with Crippen LogP contribution in [-0.2, 0) is 13.0 Å². The molecule has 0 aliphatic carbocycles. The van der Waals surface area contributed by atoms with Gasteiger partial charge in [-0.15, -0.1) is 11.3 Å². The van der Waals surface area contributed by atoms with Crippen LogP contribution in [0.2, 0.25) is 0 Å². The zero-order valence-corrected chi connectivity index (χ0v) is 10.2. The Morgan fingerprint density at radius 2 is 2.07 bits per heavy atom. The molecule has 80 valence electrons. The molecule has 0 fully saturated rings. The summed E-state index contributed by atoms with van der Waals surface area (Å²) in [4.78, 5) is 5.99. The molecular formula is C11H20N2S. The molecule has 0 saturated heterocycles. The first-order chi connectivity index (χ1) is 6.77. The Kier molecular flexibility index (Phi) is 5.12. The Morgan fingerprint density at radius 3 is 2.71 bits per heavy atom. The van der Waals surface area contributed by atoms with E-state index < -0.39 is 0 Å². The molecule has 3 heteroatoms. The van der Waals surface area contributed by atoms with Crippen molar-refractivity contribution in [3.8, 4) is 0 Å². The molecule has 0 unspecified atom stereocenters. The molecule has 1 rings (SSSR count). The fourth-order valence-electron chi connectivity index (χ4n) is 1.46. The summed E-state index contributed by atoms with van der Waals surface area (Å²) in [6.45, 7) is 8.58. The molecular weight excluding hydrogens is 192 g/mol. The number of thiazole rings is 1. The van der Waals surface area contributed by atoms with Gasteiger partial charge in [0.25, 0.3) is 0 Å². The highest BCUT2D eigenvalue weighted by atomic mass is 32.1. The zero-order valence-electron chi connectivity index (χ0n) is 9.39. The average molecular weight is 212 g/mol. The van der Waals surface area contributed by atoms with Crippen LogP contribution in [0.5, 0.6) is 0 Å². The first-order valence-corrected chi connectivity index (χ1v) is 6.25. The second-order valence-corrected chi connectivity index (χ2v) is 4.82. The van der Waals surface area contributed by atoms with Gasteiger partial charge in [-0.25, -0.2) is 4.98 Å². The Hall–Kier alpha value is -0.410. The molecule has 1 heterocycles. The van der Waals surface area contributed by atoms with Gasteiger partial charge in [-0.3, -0.25) is 0 Å². The van der Waals surface area contributed by atoms with Crippen LogP contribution in [0.4, 0.5) is 0 Å². The molecule has 0 amide bonds. The molecule has 0 aliphatic rings. The minimum absolute atomic E-state index is 0.995. The fourth-order valence-corrected chi connectivity index (χ4v) is 2.41. The van der Waals surface area contributed by atoms with Gasteiger partial charge in [-0.2, -0.15) is 0 Å². The van der Waals surface area contributed by atoms with E-state index >= 15 is 0 Å². The van der Waals surface area contributed by atoms with Crippen LogP contribution in [0.1, 0.15) is 42.3 Å². The van der Waals surface area contributed by atoms with Gasteiger partial charge in [0.1, 0.15) is 0 Å². The molecule has 0 bridgehead atoms. The second-order valence-electron chi connectivity index (χ2n) is 3.53. The monoisotopic (exact) mass is 212 g/mol. The molecule has 2 nitrogen and oxygen atoms in total. The van der Waals surface area contributed by atoms with Crippen molar-refractivity contribution in [2.45, 2.75) is 46.6 Å². The van der Waals surface area contributed by atoms with Crippen molar-refractivity contribution in [1.82, 2.24) is 10.3 Å². The summed E-state index contributed by atoms with van der Waals surface area (Å²) in [7, 11) is 0. The maximum absolute atomic E-state index is 4.56. The lowest BCUT2D eigenvalue weighted by Crippen LogP contribution is -2.13. The Balaban J connectivity index is 2.54. The molecule has 0 aromatic carbocycles. The molecule has 0 radical (unpaired) electrons. The van der Waals surface area contributed by atoms with Crippen LogP contribution in [-0.4, -0.2) is 11.5 Å².